The second kappa shape index (κ2) is 5.90. The third kappa shape index (κ3) is 3.08. The van der Waals surface area contributed by atoms with Crippen LogP contribution >= 0.6 is 0 Å². The van der Waals surface area contributed by atoms with E-state index in [9.17, 15) is 9.59 Å². The van der Waals surface area contributed by atoms with Gasteiger partial charge in [0.1, 0.15) is 11.6 Å². The van der Waals surface area contributed by atoms with Crippen molar-refractivity contribution in [2.24, 2.45) is 5.92 Å². The fourth-order valence-electron chi connectivity index (χ4n) is 2.22. The first-order chi connectivity index (χ1) is 8.75. The Kier molecular flexibility index (Phi) is 4.96. The molecular weight excluding hydrogens is 244 g/mol. The van der Waals surface area contributed by atoms with Crippen LogP contribution in [0.15, 0.2) is 0 Å². The monoisotopic (exact) mass is 270 g/mol. The molecule has 0 aliphatic carbocycles. The summed E-state index contributed by atoms with van der Waals surface area (Å²) in [6, 6.07) is -0.422. The molecule has 1 heterocycles. The third-order valence-electron chi connectivity index (χ3n) is 4.10. The van der Waals surface area contributed by atoms with E-state index in [1.54, 1.807) is 25.9 Å². The molecule has 3 unspecified atom stereocenters. The van der Waals surface area contributed by atoms with Gasteiger partial charge in [-0.2, -0.15) is 0 Å². The van der Waals surface area contributed by atoms with Gasteiger partial charge in [-0.25, -0.2) is 0 Å². The van der Waals surface area contributed by atoms with E-state index in [1.807, 2.05) is 20.8 Å². The standard InChI is InChI=1S/C14H26N2O3/c1-7-9(2)11-12(17)16(8-10(3)19-6)14(4,5)13(18)15-11/h9-11H,7-8H2,1-6H3,(H,15,18). The van der Waals surface area contributed by atoms with Crippen LogP contribution in [0.5, 0.6) is 0 Å². The molecule has 1 N–H and O–H groups in total. The van der Waals surface area contributed by atoms with Gasteiger partial charge in [-0.1, -0.05) is 20.3 Å². The fourth-order valence-corrected chi connectivity index (χ4v) is 2.22. The van der Waals surface area contributed by atoms with Gasteiger partial charge >= 0.3 is 0 Å². The largest absolute Gasteiger partial charge is 0.380 e. The van der Waals surface area contributed by atoms with Gasteiger partial charge in [0.05, 0.1) is 6.10 Å². The number of piperazine rings is 1. The van der Waals surface area contributed by atoms with Gasteiger partial charge in [-0.05, 0) is 26.7 Å². The lowest BCUT2D eigenvalue weighted by molar-refractivity contribution is -0.158. The first kappa shape index (κ1) is 16.0. The van der Waals surface area contributed by atoms with Crippen LogP contribution in [-0.4, -0.2) is 48.1 Å². The summed E-state index contributed by atoms with van der Waals surface area (Å²) in [5.74, 6) is 0.0245. The minimum absolute atomic E-state index is 0.0112. The summed E-state index contributed by atoms with van der Waals surface area (Å²) < 4.78 is 5.23. The quantitative estimate of drug-likeness (QED) is 0.816. The lowest BCUT2D eigenvalue weighted by Gasteiger charge is -2.46. The molecule has 1 fully saturated rings. The van der Waals surface area contributed by atoms with E-state index in [4.69, 9.17) is 4.74 Å². The molecule has 0 radical (unpaired) electrons. The highest BCUT2D eigenvalue weighted by Gasteiger charge is 2.47. The normalized spacial score (nSPS) is 26.0. The third-order valence-corrected chi connectivity index (χ3v) is 4.10. The number of carbonyl (C=O) groups is 2. The van der Waals surface area contributed by atoms with Crippen molar-refractivity contribution < 1.29 is 14.3 Å². The van der Waals surface area contributed by atoms with Gasteiger partial charge in [-0.15, -0.1) is 0 Å². The van der Waals surface area contributed by atoms with Gasteiger partial charge in [-0.3, -0.25) is 9.59 Å². The molecule has 0 aromatic rings. The molecule has 3 atom stereocenters. The van der Waals surface area contributed by atoms with E-state index >= 15 is 0 Å². The Morgan fingerprint density at radius 2 is 1.95 bits per heavy atom. The lowest BCUT2D eigenvalue weighted by Crippen LogP contribution is -2.70. The average Bonchev–Trinajstić information content (AvgIpc) is 2.38. The van der Waals surface area contributed by atoms with Gasteiger partial charge in [0, 0.05) is 13.7 Å². The van der Waals surface area contributed by atoms with Crippen LogP contribution in [0.3, 0.4) is 0 Å². The number of methoxy groups -OCH3 is 1. The summed E-state index contributed by atoms with van der Waals surface area (Å²) in [7, 11) is 1.61. The number of amides is 2. The van der Waals surface area contributed by atoms with E-state index in [-0.39, 0.29) is 23.8 Å². The zero-order chi connectivity index (χ0) is 14.8. The van der Waals surface area contributed by atoms with Crippen LogP contribution in [0.25, 0.3) is 0 Å². The minimum Gasteiger partial charge on any atom is -0.380 e. The Morgan fingerprint density at radius 1 is 1.37 bits per heavy atom. The van der Waals surface area contributed by atoms with Crippen LogP contribution in [0.4, 0.5) is 0 Å². The van der Waals surface area contributed by atoms with Crippen molar-refractivity contribution in [1.29, 1.82) is 0 Å². The summed E-state index contributed by atoms with van der Waals surface area (Å²) in [4.78, 5) is 26.5. The molecule has 1 aliphatic rings. The summed E-state index contributed by atoms with van der Waals surface area (Å²) in [5, 5.41) is 2.86. The van der Waals surface area contributed by atoms with Gasteiger partial charge < -0.3 is 15.0 Å². The highest BCUT2D eigenvalue weighted by Crippen LogP contribution is 2.25. The summed E-state index contributed by atoms with van der Waals surface area (Å²) in [6.07, 6.45) is 0.761. The van der Waals surface area contributed by atoms with E-state index in [0.29, 0.717) is 6.54 Å². The molecule has 0 aromatic heterocycles. The molecule has 1 rings (SSSR count). The molecule has 1 saturated heterocycles. The molecule has 0 bridgehead atoms. The predicted octanol–water partition coefficient (Wildman–Crippen LogP) is 1.17. The van der Waals surface area contributed by atoms with Crippen molar-refractivity contribution in [3.8, 4) is 0 Å². The van der Waals surface area contributed by atoms with Crippen molar-refractivity contribution in [3.63, 3.8) is 0 Å². The van der Waals surface area contributed by atoms with E-state index in [0.717, 1.165) is 6.42 Å². The predicted molar refractivity (Wildman–Crippen MR) is 73.6 cm³/mol. The van der Waals surface area contributed by atoms with E-state index < -0.39 is 11.6 Å². The van der Waals surface area contributed by atoms with Gasteiger partial charge in [0.2, 0.25) is 11.8 Å². The number of nitrogens with one attached hydrogen (secondary N) is 1. The molecule has 1 aliphatic heterocycles. The second-order valence-corrected chi connectivity index (χ2v) is 5.89. The molecule has 5 nitrogen and oxygen atoms in total. The van der Waals surface area contributed by atoms with Crippen LogP contribution in [0.2, 0.25) is 0 Å². The SMILES string of the molecule is CCC(C)C1NC(=O)C(C)(C)N(CC(C)OC)C1=O. The molecule has 2 amide bonds. The highest BCUT2D eigenvalue weighted by atomic mass is 16.5. The molecule has 19 heavy (non-hydrogen) atoms. The zero-order valence-electron chi connectivity index (χ0n) is 12.8. The van der Waals surface area contributed by atoms with E-state index in [2.05, 4.69) is 5.32 Å². The zero-order valence-corrected chi connectivity index (χ0v) is 12.8. The molecule has 0 aromatic carbocycles. The molecular formula is C14H26N2O3. The molecule has 0 spiro atoms. The summed E-state index contributed by atoms with van der Waals surface area (Å²) in [5.41, 5.74) is -0.826. The highest BCUT2D eigenvalue weighted by molar-refractivity contribution is 5.99. The number of carbonyl (C=O) groups excluding carboxylic acids is 2. The molecule has 0 saturated carbocycles. The fraction of sp³-hybridized carbons (Fsp3) is 0.857. The molecule has 5 heteroatoms. The second-order valence-electron chi connectivity index (χ2n) is 5.89. The lowest BCUT2D eigenvalue weighted by atomic mass is 9.89. The van der Waals surface area contributed by atoms with E-state index in [1.165, 1.54) is 0 Å². The number of ether oxygens (including phenoxy) is 1. The first-order valence-electron chi connectivity index (χ1n) is 6.90. The minimum atomic E-state index is -0.826. The number of nitrogens with zero attached hydrogens (tertiary/aromatic N) is 1. The summed E-state index contributed by atoms with van der Waals surface area (Å²) in [6.45, 7) is 9.88. The maximum atomic E-state index is 12.6. The van der Waals surface area contributed by atoms with Gasteiger partial charge in [0.25, 0.3) is 0 Å². The topological polar surface area (TPSA) is 58.6 Å². The Balaban J connectivity index is 3.00. The van der Waals surface area contributed by atoms with Crippen LogP contribution in [-0.2, 0) is 14.3 Å². The van der Waals surface area contributed by atoms with Crippen molar-refractivity contribution >= 4 is 11.8 Å². The Hall–Kier alpha value is -1.10. The number of rotatable bonds is 5. The smallest absolute Gasteiger partial charge is 0.246 e. The van der Waals surface area contributed by atoms with Crippen LogP contribution < -0.4 is 5.32 Å². The average molecular weight is 270 g/mol. The van der Waals surface area contributed by atoms with Crippen molar-refractivity contribution in [3.05, 3.63) is 0 Å². The first-order valence-corrected chi connectivity index (χ1v) is 6.90. The molecule has 110 valence electrons. The van der Waals surface area contributed by atoms with Crippen molar-refractivity contribution in [1.82, 2.24) is 10.2 Å². The Labute approximate surface area is 115 Å². The Bertz CT molecular complexity index is 355. The van der Waals surface area contributed by atoms with Crippen molar-refractivity contribution in [2.45, 2.75) is 58.7 Å². The van der Waals surface area contributed by atoms with Crippen LogP contribution in [0, 0.1) is 5.92 Å². The summed E-state index contributed by atoms with van der Waals surface area (Å²) >= 11 is 0. The maximum absolute atomic E-state index is 12.6. The Morgan fingerprint density at radius 3 is 2.42 bits per heavy atom. The maximum Gasteiger partial charge on any atom is 0.246 e. The number of hydrogen-bond donors (Lipinski definition) is 1. The van der Waals surface area contributed by atoms with Crippen molar-refractivity contribution in [2.75, 3.05) is 13.7 Å². The van der Waals surface area contributed by atoms with Gasteiger partial charge in [0.15, 0.2) is 0 Å². The van der Waals surface area contributed by atoms with Crippen LogP contribution in [0.1, 0.15) is 41.0 Å². The number of hydrogen-bond acceptors (Lipinski definition) is 3.